The summed E-state index contributed by atoms with van der Waals surface area (Å²) in [6, 6.07) is 3.29. The van der Waals surface area contributed by atoms with Crippen LogP contribution in [0.5, 0.6) is 0 Å². The summed E-state index contributed by atoms with van der Waals surface area (Å²) in [5.74, 6) is -4.92. The Morgan fingerprint density at radius 3 is 2.14 bits per heavy atom. The number of carboxylic acids is 2. The summed E-state index contributed by atoms with van der Waals surface area (Å²) in [5, 5.41) is 21.9. The van der Waals surface area contributed by atoms with Crippen LogP contribution < -0.4 is 5.32 Å². The first-order chi connectivity index (χ1) is 17.0. The van der Waals surface area contributed by atoms with Gasteiger partial charge in [0.05, 0.1) is 19.1 Å². The van der Waals surface area contributed by atoms with E-state index in [9.17, 15) is 34.2 Å². The standard InChI is InChI=1S/C26H36N2O8/c1-16(2)13-21(24(32)33)28(26(35)27-20-11-9-18(10-12-20)25(34)36-3)23(31)19(15-22(29)30)14-17-7-5-4-6-8-17/h9-12,16-17,19,21H,4-8,13-15H2,1-3H3,(H,27,35)(H,29,30)(H,32,33)/t19?,21-/m0/s1. The monoisotopic (exact) mass is 504 g/mol. The number of carbonyl (C=O) groups excluding carboxylic acids is 3. The predicted octanol–water partition coefficient (Wildman–Crippen LogP) is 4.39. The maximum atomic E-state index is 13.7. The van der Waals surface area contributed by atoms with Crippen molar-refractivity contribution in [2.24, 2.45) is 17.8 Å². The molecule has 198 valence electrons. The van der Waals surface area contributed by atoms with Gasteiger partial charge in [-0.3, -0.25) is 9.59 Å². The van der Waals surface area contributed by atoms with E-state index in [2.05, 4.69) is 10.1 Å². The van der Waals surface area contributed by atoms with Crippen LogP contribution in [0.25, 0.3) is 0 Å². The summed E-state index contributed by atoms with van der Waals surface area (Å²) in [7, 11) is 1.24. The van der Waals surface area contributed by atoms with Crippen LogP contribution in [-0.2, 0) is 19.1 Å². The van der Waals surface area contributed by atoms with Crippen LogP contribution in [-0.4, -0.2) is 58.1 Å². The van der Waals surface area contributed by atoms with Crippen molar-refractivity contribution in [3.63, 3.8) is 0 Å². The van der Waals surface area contributed by atoms with Gasteiger partial charge in [-0.2, -0.15) is 0 Å². The number of urea groups is 1. The maximum absolute atomic E-state index is 13.7. The Balaban J connectivity index is 2.37. The first-order valence-electron chi connectivity index (χ1n) is 12.3. The zero-order valence-corrected chi connectivity index (χ0v) is 21.1. The summed E-state index contributed by atoms with van der Waals surface area (Å²) in [6.45, 7) is 3.55. The molecule has 0 aromatic heterocycles. The molecule has 2 atom stereocenters. The lowest BCUT2D eigenvalue weighted by molar-refractivity contribution is -0.151. The lowest BCUT2D eigenvalue weighted by Gasteiger charge is -2.33. The minimum absolute atomic E-state index is 0.0129. The third kappa shape index (κ3) is 8.35. The van der Waals surface area contributed by atoms with Crippen LogP contribution in [0.2, 0.25) is 0 Å². The summed E-state index contributed by atoms with van der Waals surface area (Å²) in [4.78, 5) is 63.1. The SMILES string of the molecule is COC(=O)c1ccc(NC(=O)N(C(=O)C(CC(=O)O)CC2CCCCC2)[C@@H](CC(C)C)C(=O)O)cc1. The molecular weight excluding hydrogens is 468 g/mol. The van der Waals surface area contributed by atoms with E-state index < -0.39 is 48.2 Å². The number of methoxy groups -OCH3 is 1. The maximum Gasteiger partial charge on any atom is 0.337 e. The highest BCUT2D eigenvalue weighted by Gasteiger charge is 2.40. The number of rotatable bonds is 11. The van der Waals surface area contributed by atoms with Crippen molar-refractivity contribution >= 4 is 35.5 Å². The number of amides is 3. The summed E-state index contributed by atoms with van der Waals surface area (Å²) >= 11 is 0. The Bertz CT molecular complexity index is 938. The number of nitrogens with zero attached hydrogens (tertiary/aromatic N) is 1. The fourth-order valence-electron chi connectivity index (χ4n) is 4.65. The van der Waals surface area contributed by atoms with Crippen molar-refractivity contribution in [3.05, 3.63) is 29.8 Å². The van der Waals surface area contributed by atoms with Gasteiger partial charge in [-0.15, -0.1) is 0 Å². The number of ether oxygens (including phenoxy) is 1. The van der Waals surface area contributed by atoms with E-state index in [4.69, 9.17) is 0 Å². The zero-order valence-electron chi connectivity index (χ0n) is 21.1. The number of esters is 1. The third-order valence-electron chi connectivity index (χ3n) is 6.42. The fraction of sp³-hybridized carbons (Fsp3) is 0.577. The van der Waals surface area contributed by atoms with Crippen molar-refractivity contribution in [3.8, 4) is 0 Å². The lowest BCUT2D eigenvalue weighted by atomic mass is 9.81. The summed E-state index contributed by atoms with van der Waals surface area (Å²) in [6.07, 6.45) is 4.64. The Morgan fingerprint density at radius 1 is 1.03 bits per heavy atom. The molecular formula is C26H36N2O8. The molecule has 1 aliphatic carbocycles. The number of carbonyl (C=O) groups is 5. The van der Waals surface area contributed by atoms with Gasteiger partial charge in [0, 0.05) is 11.6 Å². The number of benzene rings is 1. The van der Waals surface area contributed by atoms with Gasteiger partial charge in [0.15, 0.2) is 0 Å². The molecule has 2 rings (SSSR count). The molecule has 0 aliphatic heterocycles. The smallest absolute Gasteiger partial charge is 0.337 e. The molecule has 1 aliphatic rings. The van der Waals surface area contributed by atoms with Gasteiger partial charge >= 0.3 is 23.9 Å². The Morgan fingerprint density at radius 2 is 1.64 bits per heavy atom. The van der Waals surface area contributed by atoms with E-state index in [0.717, 1.165) is 32.1 Å². The Hall–Kier alpha value is -3.43. The average molecular weight is 505 g/mol. The highest BCUT2D eigenvalue weighted by atomic mass is 16.5. The average Bonchev–Trinajstić information content (AvgIpc) is 2.83. The van der Waals surface area contributed by atoms with Gasteiger partial charge in [-0.05, 0) is 48.9 Å². The quantitative estimate of drug-likeness (QED) is 0.375. The normalized spacial score (nSPS) is 15.6. The van der Waals surface area contributed by atoms with E-state index in [1.807, 2.05) is 0 Å². The summed E-state index contributed by atoms with van der Waals surface area (Å²) < 4.78 is 4.65. The highest BCUT2D eigenvalue weighted by Crippen LogP contribution is 2.32. The second-order valence-corrected chi connectivity index (χ2v) is 9.73. The molecule has 36 heavy (non-hydrogen) atoms. The Kier molecular flexibility index (Phi) is 10.9. The van der Waals surface area contributed by atoms with Crippen LogP contribution in [0.15, 0.2) is 24.3 Å². The molecule has 0 spiro atoms. The van der Waals surface area contributed by atoms with Crippen LogP contribution in [0.3, 0.4) is 0 Å². The minimum Gasteiger partial charge on any atom is -0.481 e. The van der Waals surface area contributed by atoms with Gasteiger partial charge in [0.25, 0.3) is 0 Å². The van der Waals surface area contributed by atoms with Crippen LogP contribution in [0.4, 0.5) is 10.5 Å². The van der Waals surface area contributed by atoms with Crippen molar-refractivity contribution in [1.29, 1.82) is 0 Å². The van der Waals surface area contributed by atoms with Gasteiger partial charge in [0.2, 0.25) is 5.91 Å². The predicted molar refractivity (Wildman–Crippen MR) is 131 cm³/mol. The second-order valence-electron chi connectivity index (χ2n) is 9.73. The van der Waals surface area contributed by atoms with Gasteiger partial charge in [0.1, 0.15) is 6.04 Å². The van der Waals surface area contributed by atoms with Crippen LogP contribution >= 0.6 is 0 Å². The third-order valence-corrected chi connectivity index (χ3v) is 6.42. The molecule has 1 fully saturated rings. The molecule has 1 unspecified atom stereocenters. The van der Waals surface area contributed by atoms with Crippen LogP contribution in [0.1, 0.15) is 75.6 Å². The van der Waals surface area contributed by atoms with E-state index in [1.54, 1.807) is 13.8 Å². The molecule has 0 bridgehead atoms. The van der Waals surface area contributed by atoms with E-state index >= 15 is 0 Å². The molecule has 0 heterocycles. The first kappa shape index (κ1) is 28.8. The van der Waals surface area contributed by atoms with E-state index in [-0.39, 0.29) is 35.9 Å². The molecule has 3 amide bonds. The molecule has 3 N–H and O–H groups in total. The molecule has 0 radical (unpaired) electrons. The fourth-order valence-corrected chi connectivity index (χ4v) is 4.65. The van der Waals surface area contributed by atoms with Crippen molar-refractivity contribution < 1.29 is 38.9 Å². The summed E-state index contributed by atoms with van der Waals surface area (Å²) in [5.41, 5.74) is 0.488. The van der Waals surface area contributed by atoms with E-state index in [0.29, 0.717) is 4.90 Å². The van der Waals surface area contributed by atoms with Crippen molar-refractivity contribution in [1.82, 2.24) is 4.90 Å². The number of hydrogen-bond acceptors (Lipinski definition) is 6. The number of hydrogen-bond donors (Lipinski definition) is 3. The number of anilines is 1. The highest BCUT2D eigenvalue weighted by molar-refractivity contribution is 6.05. The molecule has 10 heteroatoms. The Labute approximate surface area is 211 Å². The minimum atomic E-state index is -1.46. The van der Waals surface area contributed by atoms with Crippen molar-refractivity contribution in [2.75, 3.05) is 12.4 Å². The molecule has 1 aromatic carbocycles. The molecule has 0 saturated heterocycles. The van der Waals surface area contributed by atoms with Crippen molar-refractivity contribution in [2.45, 2.75) is 71.3 Å². The number of aliphatic carboxylic acids is 2. The second kappa shape index (κ2) is 13.6. The molecule has 1 saturated carbocycles. The lowest BCUT2D eigenvalue weighted by Crippen LogP contribution is -2.53. The van der Waals surface area contributed by atoms with Crippen LogP contribution in [0, 0.1) is 17.8 Å². The largest absolute Gasteiger partial charge is 0.481 e. The van der Waals surface area contributed by atoms with E-state index in [1.165, 1.54) is 31.4 Å². The number of carboxylic acid groups (broad SMARTS) is 2. The molecule has 10 nitrogen and oxygen atoms in total. The van der Waals surface area contributed by atoms with Gasteiger partial charge in [-0.1, -0.05) is 46.0 Å². The number of imide groups is 1. The van der Waals surface area contributed by atoms with Gasteiger partial charge < -0.3 is 20.3 Å². The topological polar surface area (TPSA) is 150 Å². The first-order valence-corrected chi connectivity index (χ1v) is 12.3. The number of nitrogens with one attached hydrogen (secondary N) is 1. The molecule has 1 aromatic rings. The van der Waals surface area contributed by atoms with Gasteiger partial charge in [-0.25, -0.2) is 19.3 Å². The zero-order chi connectivity index (χ0) is 26.8.